The lowest BCUT2D eigenvalue weighted by atomic mass is 10.1. The molecule has 0 aliphatic heterocycles. The standard InChI is InChI=1S/C21H25N3O3S/c1-14-8-6-7-9-17(14)20-22-24(21(28)27-20)13-23(3)12-16-11-19(26-5)18(25-4)10-15(16)2/h6-11H,12-13H2,1-5H3. The maximum atomic E-state index is 5.73. The van der Waals surface area contributed by atoms with Crippen molar-refractivity contribution in [2.75, 3.05) is 21.3 Å². The highest BCUT2D eigenvalue weighted by molar-refractivity contribution is 7.71. The molecule has 0 fully saturated rings. The third-order valence-corrected chi connectivity index (χ3v) is 4.93. The molecule has 6 nitrogen and oxygen atoms in total. The van der Waals surface area contributed by atoms with Crippen LogP contribution in [-0.2, 0) is 13.2 Å². The Morgan fingerprint density at radius 1 is 1.07 bits per heavy atom. The minimum absolute atomic E-state index is 0.356. The molecule has 0 amide bonds. The van der Waals surface area contributed by atoms with Gasteiger partial charge in [-0.05, 0) is 68.0 Å². The summed E-state index contributed by atoms with van der Waals surface area (Å²) in [5, 5.41) is 4.57. The largest absolute Gasteiger partial charge is 0.493 e. The van der Waals surface area contributed by atoms with E-state index in [2.05, 4.69) is 16.9 Å². The van der Waals surface area contributed by atoms with Crippen LogP contribution in [0.5, 0.6) is 11.5 Å². The molecule has 0 radical (unpaired) electrons. The number of methoxy groups -OCH3 is 2. The fourth-order valence-electron chi connectivity index (χ4n) is 3.08. The first-order valence-electron chi connectivity index (χ1n) is 8.97. The van der Waals surface area contributed by atoms with Gasteiger partial charge in [-0.1, -0.05) is 18.2 Å². The van der Waals surface area contributed by atoms with Gasteiger partial charge in [-0.3, -0.25) is 4.90 Å². The van der Waals surface area contributed by atoms with Crippen LogP contribution < -0.4 is 9.47 Å². The second-order valence-corrected chi connectivity index (χ2v) is 7.13. The lowest BCUT2D eigenvalue weighted by molar-refractivity contribution is 0.240. The molecule has 2 aromatic carbocycles. The number of aryl methyl sites for hydroxylation is 2. The van der Waals surface area contributed by atoms with E-state index in [0.717, 1.165) is 33.8 Å². The second-order valence-electron chi connectivity index (χ2n) is 6.78. The van der Waals surface area contributed by atoms with Gasteiger partial charge in [-0.15, -0.1) is 5.10 Å². The van der Waals surface area contributed by atoms with Crippen molar-refractivity contribution in [3.8, 4) is 23.0 Å². The van der Waals surface area contributed by atoms with Crippen molar-refractivity contribution < 1.29 is 13.9 Å². The summed E-state index contributed by atoms with van der Waals surface area (Å²) in [6, 6.07) is 12.0. The van der Waals surface area contributed by atoms with Crippen molar-refractivity contribution in [3.05, 3.63) is 57.9 Å². The van der Waals surface area contributed by atoms with Gasteiger partial charge < -0.3 is 13.9 Å². The molecule has 148 valence electrons. The maximum Gasteiger partial charge on any atom is 0.288 e. The first kappa shape index (κ1) is 20.1. The molecule has 7 heteroatoms. The first-order valence-corrected chi connectivity index (χ1v) is 9.37. The molecule has 3 rings (SSSR count). The number of aromatic nitrogens is 2. The van der Waals surface area contributed by atoms with Gasteiger partial charge in [0.25, 0.3) is 4.84 Å². The second kappa shape index (κ2) is 8.58. The third-order valence-electron chi connectivity index (χ3n) is 4.64. The molecule has 0 unspecified atom stereocenters. The highest BCUT2D eigenvalue weighted by Gasteiger charge is 2.14. The highest BCUT2D eigenvalue weighted by Crippen LogP contribution is 2.30. The lowest BCUT2D eigenvalue weighted by Crippen LogP contribution is -2.23. The van der Waals surface area contributed by atoms with Crippen LogP contribution >= 0.6 is 12.2 Å². The first-order chi connectivity index (χ1) is 13.4. The van der Waals surface area contributed by atoms with Gasteiger partial charge in [0, 0.05) is 12.1 Å². The van der Waals surface area contributed by atoms with E-state index < -0.39 is 0 Å². The van der Waals surface area contributed by atoms with E-state index in [1.807, 2.05) is 50.4 Å². The van der Waals surface area contributed by atoms with Crippen LogP contribution in [0.1, 0.15) is 16.7 Å². The summed E-state index contributed by atoms with van der Waals surface area (Å²) in [6.07, 6.45) is 0. The predicted molar refractivity (Wildman–Crippen MR) is 111 cm³/mol. The van der Waals surface area contributed by atoms with Crippen molar-refractivity contribution >= 4 is 12.2 Å². The topological polar surface area (TPSA) is 52.7 Å². The van der Waals surface area contributed by atoms with E-state index in [-0.39, 0.29) is 0 Å². The monoisotopic (exact) mass is 399 g/mol. The van der Waals surface area contributed by atoms with E-state index in [9.17, 15) is 0 Å². The molecule has 1 aromatic heterocycles. The van der Waals surface area contributed by atoms with Gasteiger partial charge in [-0.25, -0.2) is 4.68 Å². The smallest absolute Gasteiger partial charge is 0.288 e. The molecule has 0 N–H and O–H groups in total. The molecule has 0 saturated carbocycles. The molecule has 28 heavy (non-hydrogen) atoms. The average molecular weight is 400 g/mol. The number of hydrogen-bond donors (Lipinski definition) is 0. The zero-order chi connectivity index (χ0) is 20.3. The molecule has 0 atom stereocenters. The molecule has 0 aliphatic carbocycles. The maximum absolute atomic E-state index is 5.73. The summed E-state index contributed by atoms with van der Waals surface area (Å²) >= 11 is 5.37. The molecular formula is C21H25N3O3S. The van der Waals surface area contributed by atoms with Crippen LogP contribution in [0, 0.1) is 18.7 Å². The summed E-state index contributed by atoms with van der Waals surface area (Å²) in [6.45, 7) is 5.31. The Morgan fingerprint density at radius 2 is 1.75 bits per heavy atom. The van der Waals surface area contributed by atoms with Gasteiger partial charge in [-0.2, -0.15) is 0 Å². The van der Waals surface area contributed by atoms with Crippen molar-refractivity contribution in [3.63, 3.8) is 0 Å². The van der Waals surface area contributed by atoms with Crippen molar-refractivity contribution in [1.29, 1.82) is 0 Å². The molecule has 0 spiro atoms. The fourth-order valence-corrected chi connectivity index (χ4v) is 3.26. The van der Waals surface area contributed by atoms with Gasteiger partial charge in [0.15, 0.2) is 11.5 Å². The van der Waals surface area contributed by atoms with E-state index >= 15 is 0 Å². The summed E-state index contributed by atoms with van der Waals surface area (Å²) in [5.41, 5.74) is 4.33. The SMILES string of the molecule is COc1cc(C)c(CN(C)Cn2nc(-c3ccccc3C)oc2=S)cc1OC. The van der Waals surface area contributed by atoms with Crippen molar-refractivity contribution in [2.24, 2.45) is 0 Å². The van der Waals surface area contributed by atoms with Crippen LogP contribution in [-0.4, -0.2) is 35.9 Å². The lowest BCUT2D eigenvalue weighted by Gasteiger charge is -2.19. The van der Waals surface area contributed by atoms with Crippen molar-refractivity contribution in [1.82, 2.24) is 14.7 Å². The Hall–Kier alpha value is -2.64. The van der Waals surface area contributed by atoms with Gasteiger partial charge in [0.2, 0.25) is 5.89 Å². The number of rotatable bonds is 7. The Balaban J connectivity index is 1.78. The fraction of sp³-hybridized carbons (Fsp3) is 0.333. The van der Waals surface area contributed by atoms with E-state index in [0.29, 0.717) is 23.9 Å². The van der Waals surface area contributed by atoms with Gasteiger partial charge >= 0.3 is 0 Å². The Bertz CT molecular complexity index is 1030. The number of ether oxygens (including phenoxy) is 2. The molecule has 0 saturated heterocycles. The Kier molecular flexibility index (Phi) is 6.16. The van der Waals surface area contributed by atoms with E-state index in [1.165, 1.54) is 0 Å². The van der Waals surface area contributed by atoms with Crippen LogP contribution in [0.25, 0.3) is 11.5 Å². The molecule has 0 bridgehead atoms. The summed E-state index contributed by atoms with van der Waals surface area (Å²) in [7, 11) is 5.30. The summed E-state index contributed by atoms with van der Waals surface area (Å²) in [4.78, 5) is 2.47. The minimum atomic E-state index is 0.356. The molecule has 1 heterocycles. The van der Waals surface area contributed by atoms with Crippen LogP contribution in [0.4, 0.5) is 0 Å². The minimum Gasteiger partial charge on any atom is -0.493 e. The molecule has 0 aliphatic rings. The van der Waals surface area contributed by atoms with Crippen LogP contribution in [0.2, 0.25) is 0 Å². The van der Waals surface area contributed by atoms with Crippen LogP contribution in [0.3, 0.4) is 0 Å². The van der Waals surface area contributed by atoms with E-state index in [4.69, 9.17) is 26.1 Å². The van der Waals surface area contributed by atoms with Gasteiger partial charge in [0.1, 0.15) is 0 Å². The third kappa shape index (κ3) is 4.26. The van der Waals surface area contributed by atoms with Crippen LogP contribution in [0.15, 0.2) is 40.8 Å². The summed E-state index contributed by atoms with van der Waals surface area (Å²) < 4.78 is 18.2. The molecular weight excluding hydrogens is 374 g/mol. The predicted octanol–water partition coefficient (Wildman–Crippen LogP) is 4.60. The zero-order valence-corrected chi connectivity index (χ0v) is 17.7. The number of nitrogens with zero attached hydrogens (tertiary/aromatic N) is 3. The van der Waals surface area contributed by atoms with Crippen molar-refractivity contribution in [2.45, 2.75) is 27.1 Å². The molecule has 3 aromatic rings. The van der Waals surface area contributed by atoms with E-state index in [1.54, 1.807) is 18.9 Å². The normalized spacial score (nSPS) is 11.1. The Morgan fingerprint density at radius 3 is 2.43 bits per heavy atom. The summed E-state index contributed by atoms with van der Waals surface area (Å²) in [5.74, 6) is 1.99. The highest BCUT2D eigenvalue weighted by atomic mass is 32.1. The Labute approximate surface area is 170 Å². The number of hydrogen-bond acceptors (Lipinski definition) is 6. The average Bonchev–Trinajstić information content (AvgIpc) is 3.03. The van der Waals surface area contributed by atoms with Gasteiger partial charge in [0.05, 0.1) is 20.9 Å². The zero-order valence-electron chi connectivity index (χ0n) is 16.9. The quantitative estimate of drug-likeness (QED) is 0.542. The number of benzene rings is 2.